The summed E-state index contributed by atoms with van der Waals surface area (Å²) in [5, 5.41) is 17.1. The summed E-state index contributed by atoms with van der Waals surface area (Å²) in [6.45, 7) is 2.08. The molecule has 2 aliphatic rings. The zero-order valence-electron chi connectivity index (χ0n) is 10.7. The van der Waals surface area contributed by atoms with E-state index >= 15 is 0 Å². The van der Waals surface area contributed by atoms with Crippen molar-refractivity contribution in [2.45, 2.75) is 57.0 Å². The van der Waals surface area contributed by atoms with E-state index in [1.165, 1.54) is 25.7 Å². The summed E-state index contributed by atoms with van der Waals surface area (Å²) >= 11 is 0. The molecule has 0 radical (unpaired) electrons. The molecule has 0 aliphatic heterocycles. The zero-order valence-corrected chi connectivity index (χ0v) is 10.7. The Balaban J connectivity index is 1.53. The lowest BCUT2D eigenvalue weighted by Gasteiger charge is -2.19. The predicted molar refractivity (Wildman–Crippen MR) is 66.0 cm³/mol. The first kappa shape index (κ1) is 12.1. The van der Waals surface area contributed by atoms with Crippen LogP contribution in [0.1, 0.15) is 56.2 Å². The number of hydrogen-bond donors (Lipinski definition) is 1. The molecule has 0 bridgehead atoms. The van der Waals surface area contributed by atoms with Crippen molar-refractivity contribution in [1.29, 1.82) is 0 Å². The summed E-state index contributed by atoms with van der Waals surface area (Å²) in [5.74, 6) is 2.12. The molecule has 0 unspecified atom stereocenters. The molecule has 1 aromatic rings. The summed E-state index contributed by atoms with van der Waals surface area (Å²) < 4.78 is 5.71. The summed E-state index contributed by atoms with van der Waals surface area (Å²) in [7, 11) is 0. The monoisotopic (exact) mass is 251 g/mol. The molecule has 0 atom stereocenters. The van der Waals surface area contributed by atoms with Crippen molar-refractivity contribution in [3.05, 3.63) is 11.8 Å². The molecule has 1 aromatic heterocycles. The lowest BCUT2D eigenvalue weighted by Crippen LogP contribution is -2.27. The molecular formula is C13H21N3O2. The number of aliphatic hydroxyl groups excluding tert-OH is 1. The van der Waals surface area contributed by atoms with E-state index in [9.17, 15) is 0 Å². The van der Waals surface area contributed by atoms with Crippen LogP contribution < -0.4 is 0 Å². The maximum Gasteiger partial charge on any atom is 0.230 e. The summed E-state index contributed by atoms with van der Waals surface area (Å²) in [6, 6.07) is 0.694. The van der Waals surface area contributed by atoms with Gasteiger partial charge in [-0.15, -0.1) is 10.2 Å². The van der Waals surface area contributed by atoms with E-state index in [4.69, 9.17) is 9.52 Å². The van der Waals surface area contributed by atoms with Gasteiger partial charge in [-0.25, -0.2) is 0 Å². The molecule has 100 valence electrons. The van der Waals surface area contributed by atoms with Crippen LogP contribution in [0.15, 0.2) is 4.42 Å². The molecule has 2 fully saturated rings. The van der Waals surface area contributed by atoms with Crippen molar-refractivity contribution in [2.24, 2.45) is 0 Å². The van der Waals surface area contributed by atoms with Crippen molar-refractivity contribution in [3.63, 3.8) is 0 Å². The molecule has 3 rings (SSSR count). The van der Waals surface area contributed by atoms with Gasteiger partial charge in [-0.2, -0.15) is 0 Å². The van der Waals surface area contributed by atoms with Crippen LogP contribution in [0.3, 0.4) is 0 Å². The van der Waals surface area contributed by atoms with Gasteiger partial charge in [-0.1, -0.05) is 0 Å². The Morgan fingerprint density at radius 3 is 2.67 bits per heavy atom. The van der Waals surface area contributed by atoms with Gasteiger partial charge in [0.25, 0.3) is 0 Å². The summed E-state index contributed by atoms with van der Waals surface area (Å²) in [6.07, 6.45) is 6.87. The molecule has 1 N–H and O–H groups in total. The average Bonchev–Trinajstić information content (AvgIpc) is 3.28. The van der Waals surface area contributed by atoms with Crippen LogP contribution in [0.2, 0.25) is 0 Å². The molecule has 2 aliphatic carbocycles. The second-order valence-electron chi connectivity index (χ2n) is 5.44. The van der Waals surface area contributed by atoms with E-state index in [1.54, 1.807) is 0 Å². The topological polar surface area (TPSA) is 62.4 Å². The molecule has 0 amide bonds. The van der Waals surface area contributed by atoms with Gasteiger partial charge in [0.05, 0.1) is 6.54 Å². The van der Waals surface area contributed by atoms with Gasteiger partial charge in [-0.05, 0) is 45.1 Å². The third kappa shape index (κ3) is 3.09. The SMILES string of the molecule is OCCCCN(Cc1nnc(C2CC2)o1)C1CC1. The van der Waals surface area contributed by atoms with Gasteiger partial charge < -0.3 is 9.52 Å². The van der Waals surface area contributed by atoms with E-state index in [0.29, 0.717) is 12.0 Å². The highest BCUT2D eigenvalue weighted by atomic mass is 16.4. The minimum absolute atomic E-state index is 0.283. The first-order chi connectivity index (χ1) is 8.86. The highest BCUT2D eigenvalue weighted by Crippen LogP contribution is 2.39. The molecule has 0 spiro atoms. The van der Waals surface area contributed by atoms with Gasteiger partial charge in [0.2, 0.25) is 11.8 Å². The van der Waals surface area contributed by atoms with E-state index in [1.807, 2.05) is 0 Å². The maximum atomic E-state index is 8.84. The summed E-state index contributed by atoms with van der Waals surface area (Å²) in [4.78, 5) is 2.42. The Hall–Kier alpha value is -0.940. The second-order valence-corrected chi connectivity index (χ2v) is 5.44. The van der Waals surface area contributed by atoms with Gasteiger partial charge in [-0.3, -0.25) is 4.90 Å². The Morgan fingerprint density at radius 2 is 2.00 bits per heavy atom. The first-order valence-electron chi connectivity index (χ1n) is 7.04. The Kier molecular flexibility index (Phi) is 3.61. The van der Waals surface area contributed by atoms with Crippen LogP contribution in [-0.2, 0) is 6.54 Å². The second kappa shape index (κ2) is 5.36. The Morgan fingerprint density at radius 1 is 1.17 bits per heavy atom. The van der Waals surface area contributed by atoms with E-state index in [2.05, 4.69) is 15.1 Å². The minimum atomic E-state index is 0.283. The molecule has 18 heavy (non-hydrogen) atoms. The van der Waals surface area contributed by atoms with Crippen LogP contribution in [0.25, 0.3) is 0 Å². The molecule has 5 heteroatoms. The number of rotatable bonds is 8. The minimum Gasteiger partial charge on any atom is -0.424 e. The predicted octanol–water partition coefficient (Wildman–Crippen LogP) is 1.68. The van der Waals surface area contributed by atoms with E-state index < -0.39 is 0 Å². The molecule has 0 aromatic carbocycles. The van der Waals surface area contributed by atoms with Gasteiger partial charge in [0.15, 0.2) is 0 Å². The fraction of sp³-hybridized carbons (Fsp3) is 0.846. The Labute approximate surface area is 107 Å². The van der Waals surface area contributed by atoms with E-state index in [-0.39, 0.29) is 6.61 Å². The standard InChI is InChI=1S/C13H21N3O2/c17-8-2-1-7-16(11-5-6-11)9-12-14-15-13(18-12)10-3-4-10/h10-11,17H,1-9H2. The van der Waals surface area contributed by atoms with Gasteiger partial charge in [0, 0.05) is 18.6 Å². The average molecular weight is 251 g/mol. The first-order valence-corrected chi connectivity index (χ1v) is 7.04. The lowest BCUT2D eigenvalue weighted by atomic mass is 10.3. The van der Waals surface area contributed by atoms with Crippen LogP contribution in [0, 0.1) is 0 Å². The lowest BCUT2D eigenvalue weighted by molar-refractivity contribution is 0.210. The number of nitrogens with zero attached hydrogens (tertiary/aromatic N) is 3. The largest absolute Gasteiger partial charge is 0.424 e. The van der Waals surface area contributed by atoms with Crippen LogP contribution >= 0.6 is 0 Å². The molecule has 2 saturated carbocycles. The van der Waals surface area contributed by atoms with Crippen LogP contribution in [0.4, 0.5) is 0 Å². The van der Waals surface area contributed by atoms with Gasteiger partial charge >= 0.3 is 0 Å². The fourth-order valence-corrected chi connectivity index (χ4v) is 2.26. The van der Waals surface area contributed by atoms with Crippen LogP contribution in [0.5, 0.6) is 0 Å². The highest BCUT2D eigenvalue weighted by molar-refractivity contribution is 5.00. The fourth-order valence-electron chi connectivity index (χ4n) is 2.26. The number of aromatic nitrogens is 2. The van der Waals surface area contributed by atoms with Crippen LogP contribution in [-0.4, -0.2) is 39.4 Å². The molecular weight excluding hydrogens is 230 g/mol. The zero-order chi connectivity index (χ0) is 12.4. The van der Waals surface area contributed by atoms with E-state index in [0.717, 1.165) is 37.7 Å². The number of aliphatic hydroxyl groups is 1. The molecule has 1 heterocycles. The smallest absolute Gasteiger partial charge is 0.230 e. The van der Waals surface area contributed by atoms with Crippen molar-refractivity contribution in [1.82, 2.24) is 15.1 Å². The Bertz CT molecular complexity index is 385. The number of unbranched alkanes of at least 4 members (excludes halogenated alkanes) is 1. The molecule has 0 saturated heterocycles. The molecule has 5 nitrogen and oxygen atoms in total. The van der Waals surface area contributed by atoms with Crippen molar-refractivity contribution in [3.8, 4) is 0 Å². The number of hydrogen-bond acceptors (Lipinski definition) is 5. The third-order valence-corrected chi connectivity index (χ3v) is 3.66. The van der Waals surface area contributed by atoms with Gasteiger partial charge in [0.1, 0.15) is 0 Å². The van der Waals surface area contributed by atoms with Crippen molar-refractivity contribution in [2.75, 3.05) is 13.2 Å². The quantitative estimate of drug-likeness (QED) is 0.712. The van der Waals surface area contributed by atoms with Crippen molar-refractivity contribution >= 4 is 0 Å². The normalized spacial score (nSPS) is 19.7. The summed E-state index contributed by atoms with van der Waals surface area (Å²) in [5.41, 5.74) is 0. The maximum absolute atomic E-state index is 8.84. The van der Waals surface area contributed by atoms with Crippen molar-refractivity contribution < 1.29 is 9.52 Å². The highest BCUT2D eigenvalue weighted by Gasteiger charge is 2.32. The third-order valence-electron chi connectivity index (χ3n) is 3.66.